The number of hydrogen-bond acceptors (Lipinski definition) is 6. The van der Waals surface area contributed by atoms with Crippen LogP contribution in [0.3, 0.4) is 0 Å². The van der Waals surface area contributed by atoms with E-state index in [1.54, 1.807) is 11.8 Å². The van der Waals surface area contributed by atoms with Crippen LogP contribution < -0.4 is 4.90 Å². The lowest BCUT2D eigenvalue weighted by atomic mass is 9.91. The van der Waals surface area contributed by atoms with Crippen molar-refractivity contribution in [3.8, 4) is 0 Å². The number of anilines is 1. The van der Waals surface area contributed by atoms with Crippen LogP contribution in [0.2, 0.25) is 0 Å². The molecule has 0 unspecified atom stereocenters. The monoisotopic (exact) mass is 323 g/mol. The minimum absolute atomic E-state index is 0.631. The van der Waals surface area contributed by atoms with Gasteiger partial charge in [-0.15, -0.1) is 11.8 Å². The zero-order valence-electron chi connectivity index (χ0n) is 13.2. The molecule has 2 aliphatic heterocycles. The van der Waals surface area contributed by atoms with Crippen molar-refractivity contribution < 1.29 is 9.84 Å². The van der Waals surface area contributed by atoms with E-state index in [2.05, 4.69) is 26.9 Å². The van der Waals surface area contributed by atoms with E-state index in [9.17, 15) is 5.11 Å². The zero-order chi connectivity index (χ0) is 15.4. The van der Waals surface area contributed by atoms with Crippen molar-refractivity contribution in [1.82, 2.24) is 9.88 Å². The summed E-state index contributed by atoms with van der Waals surface area (Å²) in [5, 5.41) is 12.0. The van der Waals surface area contributed by atoms with Crippen LogP contribution in [0.1, 0.15) is 12.8 Å². The van der Waals surface area contributed by atoms with Gasteiger partial charge in [0, 0.05) is 32.7 Å². The topological polar surface area (TPSA) is 48.8 Å². The molecule has 0 saturated carbocycles. The van der Waals surface area contributed by atoms with Crippen LogP contribution >= 0.6 is 11.8 Å². The van der Waals surface area contributed by atoms with Crippen LogP contribution in [0.4, 0.5) is 5.69 Å². The fourth-order valence-electron chi connectivity index (χ4n) is 3.32. The summed E-state index contributed by atoms with van der Waals surface area (Å²) in [6.07, 6.45) is 5.85. The maximum Gasteiger partial charge on any atom is 0.0958 e. The number of pyridine rings is 1. The van der Waals surface area contributed by atoms with Gasteiger partial charge in [0.1, 0.15) is 0 Å². The minimum Gasteiger partial charge on any atom is -0.387 e. The molecule has 6 heteroatoms. The van der Waals surface area contributed by atoms with E-state index in [4.69, 9.17) is 4.74 Å². The number of rotatable bonds is 4. The highest BCUT2D eigenvalue weighted by molar-refractivity contribution is 7.98. The van der Waals surface area contributed by atoms with Crippen molar-refractivity contribution in [1.29, 1.82) is 0 Å². The maximum absolute atomic E-state index is 11.0. The van der Waals surface area contributed by atoms with Crippen molar-refractivity contribution in [3.05, 3.63) is 18.3 Å². The lowest BCUT2D eigenvalue weighted by Crippen LogP contribution is -2.56. The third-order valence-corrected chi connectivity index (χ3v) is 5.13. The summed E-state index contributed by atoms with van der Waals surface area (Å²) in [5.74, 6) is 0. The van der Waals surface area contributed by atoms with E-state index < -0.39 is 5.60 Å². The number of aromatic nitrogens is 1. The molecular formula is C16H25N3O2S. The molecule has 0 aromatic carbocycles. The first-order valence-corrected chi connectivity index (χ1v) is 9.18. The summed E-state index contributed by atoms with van der Waals surface area (Å²) >= 11 is 1.65. The van der Waals surface area contributed by atoms with Crippen LogP contribution in [-0.4, -0.2) is 72.8 Å². The van der Waals surface area contributed by atoms with Crippen molar-refractivity contribution in [2.45, 2.75) is 23.5 Å². The first-order valence-electron chi connectivity index (χ1n) is 7.96. The second kappa shape index (κ2) is 7.17. The molecule has 3 rings (SSSR count). The summed E-state index contributed by atoms with van der Waals surface area (Å²) in [5.41, 5.74) is 0.478. The quantitative estimate of drug-likeness (QED) is 0.847. The van der Waals surface area contributed by atoms with E-state index >= 15 is 0 Å². The van der Waals surface area contributed by atoms with Gasteiger partial charge in [0.25, 0.3) is 0 Å². The van der Waals surface area contributed by atoms with E-state index in [0.29, 0.717) is 6.54 Å². The molecule has 22 heavy (non-hydrogen) atoms. The summed E-state index contributed by atoms with van der Waals surface area (Å²) in [6.45, 7) is 5.82. The Hall–Kier alpha value is -0.820. The number of thioether (sulfide) groups is 1. The smallest absolute Gasteiger partial charge is 0.0958 e. The standard InChI is InChI=1S/C16H25N3O2S/c1-22-15-4-3-14(11-17-15)19-6-2-5-16(20,13-19)12-18-7-9-21-10-8-18/h3-4,11,20H,2,5-10,12-13H2,1H3/t16-/m1/s1. The number of ether oxygens (including phenoxy) is 1. The Labute approximate surface area is 136 Å². The average molecular weight is 323 g/mol. The lowest BCUT2D eigenvalue weighted by molar-refractivity contribution is -0.0382. The molecule has 0 radical (unpaired) electrons. The molecule has 122 valence electrons. The van der Waals surface area contributed by atoms with Gasteiger partial charge >= 0.3 is 0 Å². The Balaban J connectivity index is 1.64. The van der Waals surface area contributed by atoms with Gasteiger partial charge in [0.15, 0.2) is 0 Å². The molecule has 2 aliphatic rings. The van der Waals surface area contributed by atoms with E-state index in [1.807, 2.05) is 12.5 Å². The molecular weight excluding hydrogens is 298 g/mol. The Morgan fingerprint density at radius 3 is 2.82 bits per heavy atom. The van der Waals surface area contributed by atoms with E-state index in [1.165, 1.54) is 0 Å². The Kier molecular flexibility index (Phi) is 5.23. The molecule has 0 bridgehead atoms. The van der Waals surface area contributed by atoms with Crippen molar-refractivity contribution >= 4 is 17.4 Å². The molecule has 0 spiro atoms. The van der Waals surface area contributed by atoms with Gasteiger partial charge in [0.2, 0.25) is 0 Å². The molecule has 1 atom stereocenters. The van der Waals surface area contributed by atoms with Gasteiger partial charge in [-0.1, -0.05) is 0 Å². The molecule has 0 aliphatic carbocycles. The number of β-amino-alcohol motifs (C(OH)–C–C–N with tert-alkyl or cyclic N) is 1. The van der Waals surface area contributed by atoms with Crippen LogP contribution in [0.15, 0.2) is 23.4 Å². The molecule has 2 saturated heterocycles. The first-order chi connectivity index (χ1) is 10.7. The van der Waals surface area contributed by atoms with Crippen molar-refractivity contribution in [2.24, 2.45) is 0 Å². The van der Waals surface area contributed by atoms with Crippen molar-refractivity contribution in [2.75, 3.05) is 57.1 Å². The largest absolute Gasteiger partial charge is 0.387 e. The fraction of sp³-hybridized carbons (Fsp3) is 0.688. The predicted molar refractivity (Wildman–Crippen MR) is 89.7 cm³/mol. The summed E-state index contributed by atoms with van der Waals surface area (Å²) < 4.78 is 5.39. The summed E-state index contributed by atoms with van der Waals surface area (Å²) in [7, 11) is 0. The highest BCUT2D eigenvalue weighted by Gasteiger charge is 2.35. The summed E-state index contributed by atoms with van der Waals surface area (Å²) in [4.78, 5) is 9.03. The average Bonchev–Trinajstić information content (AvgIpc) is 2.55. The lowest BCUT2D eigenvalue weighted by Gasteiger charge is -2.43. The van der Waals surface area contributed by atoms with E-state index in [0.717, 1.165) is 62.9 Å². The molecule has 5 nitrogen and oxygen atoms in total. The number of aliphatic hydroxyl groups is 1. The molecule has 1 aromatic heterocycles. The van der Waals surface area contributed by atoms with E-state index in [-0.39, 0.29) is 0 Å². The molecule has 1 aromatic rings. The number of hydrogen-bond donors (Lipinski definition) is 1. The van der Waals surface area contributed by atoms with Crippen molar-refractivity contribution in [3.63, 3.8) is 0 Å². The SMILES string of the molecule is CSc1ccc(N2CCC[C@@](O)(CN3CCOCC3)C2)cn1. The zero-order valence-corrected chi connectivity index (χ0v) is 14.0. The van der Waals surface area contributed by atoms with Gasteiger partial charge in [-0.3, -0.25) is 4.90 Å². The third-order valence-electron chi connectivity index (χ3n) is 4.47. The highest BCUT2D eigenvalue weighted by atomic mass is 32.2. The number of morpholine rings is 1. The Bertz CT molecular complexity index is 479. The molecule has 2 fully saturated rings. The predicted octanol–water partition coefficient (Wildman–Crippen LogP) is 1.47. The van der Waals surface area contributed by atoms with Crippen LogP contribution in [0.5, 0.6) is 0 Å². The summed E-state index contributed by atoms with van der Waals surface area (Å²) in [6, 6.07) is 4.16. The second-order valence-electron chi connectivity index (χ2n) is 6.20. The van der Waals surface area contributed by atoms with Gasteiger partial charge in [-0.05, 0) is 31.2 Å². The highest BCUT2D eigenvalue weighted by Crippen LogP contribution is 2.27. The van der Waals surface area contributed by atoms with Gasteiger partial charge in [-0.2, -0.15) is 0 Å². The second-order valence-corrected chi connectivity index (χ2v) is 7.02. The molecule has 0 amide bonds. The number of nitrogens with zero attached hydrogens (tertiary/aromatic N) is 3. The molecule has 1 N–H and O–H groups in total. The third kappa shape index (κ3) is 3.93. The first kappa shape index (κ1) is 16.1. The van der Waals surface area contributed by atoms with Crippen LogP contribution in [-0.2, 0) is 4.74 Å². The van der Waals surface area contributed by atoms with Gasteiger partial charge in [-0.25, -0.2) is 4.98 Å². The fourth-order valence-corrected chi connectivity index (χ4v) is 3.68. The molecule has 3 heterocycles. The van der Waals surface area contributed by atoms with Crippen LogP contribution in [0, 0.1) is 0 Å². The Morgan fingerprint density at radius 1 is 1.32 bits per heavy atom. The van der Waals surface area contributed by atoms with Gasteiger partial charge in [0.05, 0.1) is 35.7 Å². The maximum atomic E-state index is 11.0. The number of piperidine rings is 1. The van der Waals surface area contributed by atoms with Crippen LogP contribution in [0.25, 0.3) is 0 Å². The minimum atomic E-state index is -0.631. The Morgan fingerprint density at radius 2 is 2.14 bits per heavy atom. The van der Waals surface area contributed by atoms with Gasteiger partial charge < -0.3 is 14.7 Å². The normalized spacial score (nSPS) is 27.1.